The van der Waals surface area contributed by atoms with Crippen molar-refractivity contribution in [3.63, 3.8) is 0 Å². The molecule has 0 fully saturated rings. The molecule has 6 heteroatoms. The summed E-state index contributed by atoms with van der Waals surface area (Å²) >= 11 is 0. The number of benzene rings is 1. The molecule has 1 rings (SSSR count). The average Bonchev–Trinajstić information content (AvgIpc) is 2.26. The van der Waals surface area contributed by atoms with Gasteiger partial charge in [0, 0.05) is 11.5 Å². The van der Waals surface area contributed by atoms with Crippen LogP contribution in [0.15, 0.2) is 12.1 Å². The van der Waals surface area contributed by atoms with E-state index in [9.17, 15) is 14.9 Å². The van der Waals surface area contributed by atoms with Gasteiger partial charge in [0.15, 0.2) is 6.10 Å². The van der Waals surface area contributed by atoms with Crippen LogP contribution in [-0.2, 0) is 4.79 Å². The number of nitro benzene ring substituents is 1. The van der Waals surface area contributed by atoms with Crippen LogP contribution in [-0.4, -0.2) is 22.1 Å². The number of carboxylic acids is 1. The van der Waals surface area contributed by atoms with Gasteiger partial charge >= 0.3 is 5.97 Å². The number of aryl methyl sites for hydroxylation is 2. The SMILES string of the molecule is Cc1cc(C)c([N+](=O)[O-])cc1OC(C(=O)O)C(C)C. The Morgan fingerprint density at radius 1 is 1.32 bits per heavy atom. The highest BCUT2D eigenvalue weighted by atomic mass is 16.6. The molecular formula is C13H17NO5. The molecule has 1 N–H and O–H groups in total. The third-order valence-electron chi connectivity index (χ3n) is 2.79. The van der Waals surface area contributed by atoms with Crippen LogP contribution in [0.1, 0.15) is 25.0 Å². The van der Waals surface area contributed by atoms with E-state index in [1.807, 2.05) is 0 Å². The Hall–Kier alpha value is -2.11. The monoisotopic (exact) mass is 267 g/mol. The van der Waals surface area contributed by atoms with Gasteiger partial charge in [-0.05, 0) is 25.5 Å². The van der Waals surface area contributed by atoms with Crippen molar-refractivity contribution in [3.8, 4) is 5.75 Å². The molecule has 0 aromatic heterocycles. The molecule has 0 aliphatic rings. The minimum absolute atomic E-state index is 0.0755. The second-order valence-corrected chi connectivity index (χ2v) is 4.78. The molecule has 0 heterocycles. The summed E-state index contributed by atoms with van der Waals surface area (Å²) in [4.78, 5) is 21.4. The number of hydrogen-bond acceptors (Lipinski definition) is 4. The minimum atomic E-state index is -1.09. The highest BCUT2D eigenvalue weighted by molar-refractivity contribution is 5.73. The fourth-order valence-corrected chi connectivity index (χ4v) is 1.75. The van der Waals surface area contributed by atoms with Gasteiger partial charge < -0.3 is 9.84 Å². The molecule has 6 nitrogen and oxygen atoms in total. The summed E-state index contributed by atoms with van der Waals surface area (Å²) in [7, 11) is 0. The Kier molecular flexibility index (Phi) is 4.47. The van der Waals surface area contributed by atoms with Gasteiger partial charge in [-0.2, -0.15) is 0 Å². The summed E-state index contributed by atoms with van der Waals surface area (Å²) < 4.78 is 5.41. The quantitative estimate of drug-likeness (QED) is 0.654. The maximum absolute atomic E-state index is 11.1. The molecular weight excluding hydrogens is 250 g/mol. The molecule has 0 radical (unpaired) electrons. The van der Waals surface area contributed by atoms with E-state index in [1.165, 1.54) is 6.07 Å². The van der Waals surface area contributed by atoms with Gasteiger partial charge in [-0.1, -0.05) is 13.8 Å². The van der Waals surface area contributed by atoms with Crippen molar-refractivity contribution in [1.29, 1.82) is 0 Å². The lowest BCUT2D eigenvalue weighted by atomic mass is 10.1. The number of carbonyl (C=O) groups is 1. The van der Waals surface area contributed by atoms with Crippen LogP contribution < -0.4 is 4.74 Å². The van der Waals surface area contributed by atoms with E-state index in [-0.39, 0.29) is 17.4 Å². The first-order valence-electron chi connectivity index (χ1n) is 5.89. The van der Waals surface area contributed by atoms with Crippen LogP contribution in [0.5, 0.6) is 5.75 Å². The smallest absolute Gasteiger partial charge is 0.345 e. The van der Waals surface area contributed by atoms with E-state index in [0.29, 0.717) is 11.1 Å². The zero-order valence-corrected chi connectivity index (χ0v) is 11.3. The number of carboxylic acid groups (broad SMARTS) is 1. The van der Waals surface area contributed by atoms with E-state index in [2.05, 4.69) is 0 Å². The number of ether oxygens (including phenoxy) is 1. The first-order chi connectivity index (χ1) is 8.73. The first kappa shape index (κ1) is 14.9. The number of hydrogen-bond donors (Lipinski definition) is 1. The van der Waals surface area contributed by atoms with Gasteiger partial charge in [0.2, 0.25) is 0 Å². The largest absolute Gasteiger partial charge is 0.478 e. The molecule has 19 heavy (non-hydrogen) atoms. The molecule has 0 amide bonds. The molecule has 0 aliphatic heterocycles. The molecule has 0 aliphatic carbocycles. The van der Waals surface area contributed by atoms with Crippen molar-refractivity contribution in [3.05, 3.63) is 33.4 Å². The molecule has 1 aromatic rings. The van der Waals surface area contributed by atoms with Crippen molar-refractivity contribution in [1.82, 2.24) is 0 Å². The van der Waals surface area contributed by atoms with Crippen LogP contribution in [0, 0.1) is 29.9 Å². The van der Waals surface area contributed by atoms with Gasteiger partial charge in [0.25, 0.3) is 5.69 Å². The second-order valence-electron chi connectivity index (χ2n) is 4.78. The highest BCUT2D eigenvalue weighted by Crippen LogP contribution is 2.29. The zero-order valence-electron chi connectivity index (χ0n) is 11.3. The van der Waals surface area contributed by atoms with Crippen LogP contribution in [0.4, 0.5) is 5.69 Å². The summed E-state index contributed by atoms with van der Waals surface area (Å²) in [5.74, 6) is -1.09. The standard InChI is InChI=1S/C13H17NO5/c1-7(2)12(13(15)16)19-11-6-10(14(17)18)8(3)5-9(11)4/h5-7,12H,1-4H3,(H,15,16). The van der Waals surface area contributed by atoms with E-state index >= 15 is 0 Å². The average molecular weight is 267 g/mol. The van der Waals surface area contributed by atoms with Crippen molar-refractivity contribution in [2.45, 2.75) is 33.8 Å². The Bertz CT molecular complexity index is 510. The molecule has 0 saturated carbocycles. The Labute approximate surface area is 111 Å². The molecule has 0 saturated heterocycles. The summed E-state index contributed by atoms with van der Waals surface area (Å²) in [6, 6.07) is 2.90. The van der Waals surface area contributed by atoms with Crippen molar-refractivity contribution in [2.24, 2.45) is 5.92 Å². The highest BCUT2D eigenvalue weighted by Gasteiger charge is 2.25. The lowest BCUT2D eigenvalue weighted by molar-refractivity contribution is -0.385. The summed E-state index contributed by atoms with van der Waals surface area (Å²) in [5, 5.41) is 19.9. The molecule has 0 spiro atoms. The lowest BCUT2D eigenvalue weighted by Crippen LogP contribution is -2.32. The first-order valence-corrected chi connectivity index (χ1v) is 5.89. The third-order valence-corrected chi connectivity index (χ3v) is 2.79. The van der Waals surface area contributed by atoms with Crippen LogP contribution in [0.2, 0.25) is 0 Å². The van der Waals surface area contributed by atoms with Crippen LogP contribution in [0.25, 0.3) is 0 Å². The van der Waals surface area contributed by atoms with E-state index in [4.69, 9.17) is 9.84 Å². The van der Waals surface area contributed by atoms with E-state index in [0.717, 1.165) is 0 Å². The fraction of sp³-hybridized carbons (Fsp3) is 0.462. The Morgan fingerprint density at radius 2 is 1.89 bits per heavy atom. The molecule has 104 valence electrons. The van der Waals surface area contributed by atoms with Crippen LogP contribution in [0.3, 0.4) is 0 Å². The molecule has 1 atom stereocenters. The number of rotatable bonds is 5. The van der Waals surface area contributed by atoms with Gasteiger partial charge in [-0.25, -0.2) is 4.79 Å². The minimum Gasteiger partial charge on any atom is -0.478 e. The predicted molar refractivity (Wildman–Crippen MR) is 69.5 cm³/mol. The Morgan fingerprint density at radius 3 is 2.32 bits per heavy atom. The maximum atomic E-state index is 11.1. The molecule has 0 bridgehead atoms. The molecule has 1 aromatic carbocycles. The summed E-state index contributed by atoms with van der Waals surface area (Å²) in [6.07, 6.45) is -1.03. The van der Waals surface area contributed by atoms with Crippen molar-refractivity contribution < 1.29 is 19.6 Å². The van der Waals surface area contributed by atoms with Crippen molar-refractivity contribution in [2.75, 3.05) is 0 Å². The predicted octanol–water partition coefficient (Wildman–Crippen LogP) is 2.70. The topological polar surface area (TPSA) is 89.7 Å². The summed E-state index contributed by atoms with van der Waals surface area (Å²) in [6.45, 7) is 6.80. The van der Waals surface area contributed by atoms with Crippen molar-refractivity contribution >= 4 is 11.7 Å². The second kappa shape index (κ2) is 5.69. The zero-order chi connectivity index (χ0) is 14.7. The Balaban J connectivity index is 3.16. The number of aliphatic carboxylic acids is 1. The summed E-state index contributed by atoms with van der Waals surface area (Å²) in [5.41, 5.74) is 1.12. The third kappa shape index (κ3) is 3.43. The van der Waals surface area contributed by atoms with Gasteiger partial charge in [-0.3, -0.25) is 10.1 Å². The normalized spacial score (nSPS) is 12.3. The fourth-order valence-electron chi connectivity index (χ4n) is 1.75. The number of nitrogens with zero attached hydrogens (tertiary/aromatic N) is 1. The van der Waals surface area contributed by atoms with E-state index in [1.54, 1.807) is 33.8 Å². The van der Waals surface area contributed by atoms with Crippen LogP contribution >= 0.6 is 0 Å². The van der Waals surface area contributed by atoms with Gasteiger partial charge in [-0.15, -0.1) is 0 Å². The maximum Gasteiger partial charge on any atom is 0.345 e. The van der Waals surface area contributed by atoms with E-state index < -0.39 is 17.0 Å². The lowest BCUT2D eigenvalue weighted by Gasteiger charge is -2.19. The number of nitro groups is 1. The molecule has 1 unspecified atom stereocenters. The van der Waals surface area contributed by atoms with Gasteiger partial charge in [0.1, 0.15) is 5.75 Å². The van der Waals surface area contributed by atoms with Gasteiger partial charge in [0.05, 0.1) is 11.0 Å².